The van der Waals surface area contributed by atoms with E-state index in [1.165, 1.54) is 48.1 Å². The molecule has 35 heavy (non-hydrogen) atoms. The van der Waals surface area contributed by atoms with E-state index in [2.05, 4.69) is 78.0 Å². The summed E-state index contributed by atoms with van der Waals surface area (Å²) in [6, 6.07) is 27.3. The molecule has 0 aliphatic heterocycles. The maximum absolute atomic E-state index is 9.97. The molecule has 1 N–H and O–H groups in total. The smallest absolute Gasteiger partial charge is 0.115 e. The lowest BCUT2D eigenvalue weighted by Crippen LogP contribution is -2.44. The molecule has 0 radical (unpaired) electrons. The quantitative estimate of drug-likeness (QED) is 0.284. The molecule has 0 bridgehead atoms. The highest BCUT2D eigenvalue weighted by Gasteiger charge is 2.55. The predicted octanol–water partition coefficient (Wildman–Crippen LogP) is 7.90. The van der Waals surface area contributed by atoms with E-state index in [1.807, 2.05) is 12.1 Å². The third-order valence-corrected chi connectivity index (χ3v) is 9.92. The van der Waals surface area contributed by atoms with Gasteiger partial charge < -0.3 is 5.11 Å². The lowest BCUT2D eigenvalue weighted by molar-refractivity contribution is -0.00296. The monoisotopic (exact) mass is 485 g/mol. The van der Waals surface area contributed by atoms with Gasteiger partial charge in [-0.3, -0.25) is 8.49 Å². The third kappa shape index (κ3) is 4.36. The number of anilines is 1. The lowest BCUT2D eigenvalue weighted by atomic mass is 9.55. The Morgan fingerprint density at radius 3 is 2.51 bits per heavy atom. The Kier molecular flexibility index (Phi) is 6.28. The van der Waals surface area contributed by atoms with Gasteiger partial charge in [0.25, 0.3) is 0 Å². The first kappa shape index (κ1) is 23.0. The minimum absolute atomic E-state index is 0.234. The van der Waals surface area contributed by atoms with Gasteiger partial charge in [0.2, 0.25) is 0 Å². The molecule has 3 aliphatic carbocycles. The molecule has 3 aliphatic rings. The second-order valence-electron chi connectivity index (χ2n) is 10.9. The van der Waals surface area contributed by atoms with Gasteiger partial charge in [0, 0.05) is 5.69 Å². The van der Waals surface area contributed by atoms with Gasteiger partial charge in [-0.1, -0.05) is 61.5 Å². The topological polar surface area (TPSA) is 32.7 Å². The maximum Gasteiger partial charge on any atom is 0.115 e. The number of aromatic hydroxyl groups is 1. The zero-order chi connectivity index (χ0) is 23.8. The minimum Gasteiger partial charge on any atom is -0.508 e. The van der Waals surface area contributed by atoms with Gasteiger partial charge in [-0.15, -0.1) is 0 Å². The van der Waals surface area contributed by atoms with E-state index in [-0.39, 0.29) is 11.5 Å². The Morgan fingerprint density at radius 1 is 0.943 bits per heavy atom. The molecule has 3 unspecified atom stereocenters. The zero-order valence-electron chi connectivity index (χ0n) is 20.5. The predicted molar refractivity (Wildman–Crippen MR) is 144 cm³/mol. The number of nitrogens with zero attached hydrogens (tertiary/aromatic N) is 1. The van der Waals surface area contributed by atoms with Crippen LogP contribution in [-0.2, 0) is 17.1 Å². The molecule has 0 amide bonds. The van der Waals surface area contributed by atoms with Crippen LogP contribution in [-0.4, -0.2) is 11.2 Å². The van der Waals surface area contributed by atoms with Crippen LogP contribution in [0.15, 0.2) is 78.9 Å². The van der Waals surface area contributed by atoms with Crippen molar-refractivity contribution in [2.75, 3.05) is 4.31 Å². The normalized spacial score (nSPS) is 29.2. The maximum atomic E-state index is 9.97. The molecule has 3 aromatic rings. The average Bonchev–Trinajstić information content (AvgIpc) is 3.23. The average molecular weight is 486 g/mol. The molecule has 0 spiro atoms. The summed E-state index contributed by atoms with van der Waals surface area (Å²) in [5.41, 5.74) is 5.57. The number of para-hydroxylation sites is 1. The van der Waals surface area contributed by atoms with Crippen LogP contribution >= 0.6 is 12.2 Å². The van der Waals surface area contributed by atoms with Crippen LogP contribution in [0.2, 0.25) is 0 Å². The fourth-order valence-corrected chi connectivity index (χ4v) is 8.22. The summed E-state index contributed by atoms with van der Waals surface area (Å²) < 4.78 is 9.03. The summed E-state index contributed by atoms with van der Waals surface area (Å²) in [6.45, 7) is 3.32. The van der Waals surface area contributed by atoms with E-state index >= 15 is 0 Å². The number of phenols is 1. The molecular formula is C31H35NO2S. The van der Waals surface area contributed by atoms with Gasteiger partial charge in [-0.25, -0.2) is 0 Å². The highest BCUT2D eigenvalue weighted by atomic mass is 32.2. The summed E-state index contributed by atoms with van der Waals surface area (Å²) in [6.07, 6.45) is 7.47. The van der Waals surface area contributed by atoms with Crippen LogP contribution in [0.4, 0.5) is 5.69 Å². The van der Waals surface area contributed by atoms with Gasteiger partial charge in [0.1, 0.15) is 18.0 Å². The first-order valence-electron chi connectivity index (χ1n) is 13.1. The molecule has 0 aromatic heterocycles. The largest absolute Gasteiger partial charge is 0.508 e. The zero-order valence-corrected chi connectivity index (χ0v) is 21.3. The van der Waals surface area contributed by atoms with E-state index in [0.29, 0.717) is 17.6 Å². The van der Waals surface area contributed by atoms with Crippen molar-refractivity contribution in [1.29, 1.82) is 0 Å². The molecule has 0 heterocycles. The minimum atomic E-state index is 0.234. The Morgan fingerprint density at radius 2 is 1.71 bits per heavy atom. The Balaban J connectivity index is 1.18. The molecule has 6 rings (SSSR count). The summed E-state index contributed by atoms with van der Waals surface area (Å²) >= 11 is 1.55. The Labute approximate surface area is 213 Å². The van der Waals surface area contributed by atoms with Gasteiger partial charge in [0.15, 0.2) is 0 Å². The summed E-state index contributed by atoms with van der Waals surface area (Å²) in [5.74, 6) is 2.50. The van der Waals surface area contributed by atoms with Crippen molar-refractivity contribution < 1.29 is 9.29 Å². The molecule has 4 heteroatoms. The van der Waals surface area contributed by atoms with Crippen molar-refractivity contribution in [3.05, 3.63) is 95.6 Å². The summed E-state index contributed by atoms with van der Waals surface area (Å²) in [5, 5.41) is 9.97. The van der Waals surface area contributed by atoms with Gasteiger partial charge in [0.05, 0.1) is 12.6 Å². The molecule has 3 aromatic carbocycles. The van der Waals surface area contributed by atoms with E-state index < -0.39 is 0 Å². The van der Waals surface area contributed by atoms with Gasteiger partial charge >= 0.3 is 0 Å². The van der Waals surface area contributed by atoms with Crippen LogP contribution in [0.3, 0.4) is 0 Å². The van der Waals surface area contributed by atoms with Crippen molar-refractivity contribution in [3.8, 4) is 5.75 Å². The van der Waals surface area contributed by atoms with Crippen molar-refractivity contribution >= 4 is 17.9 Å². The van der Waals surface area contributed by atoms with Crippen molar-refractivity contribution in [1.82, 2.24) is 0 Å². The lowest BCUT2D eigenvalue weighted by Gasteiger charge is -2.50. The van der Waals surface area contributed by atoms with Crippen LogP contribution < -0.4 is 4.31 Å². The van der Waals surface area contributed by atoms with Gasteiger partial charge in [-0.05, 0) is 103 Å². The second-order valence-corrected chi connectivity index (χ2v) is 11.7. The Bertz CT molecular complexity index is 1150. The number of aryl methyl sites for hydroxylation is 1. The van der Waals surface area contributed by atoms with E-state index in [9.17, 15) is 5.11 Å². The van der Waals surface area contributed by atoms with Crippen LogP contribution in [0, 0.1) is 17.3 Å². The Hall–Kier alpha value is -2.43. The third-order valence-electron chi connectivity index (χ3n) is 9.09. The summed E-state index contributed by atoms with van der Waals surface area (Å²) in [7, 11) is 0. The molecule has 3 nitrogen and oxygen atoms in total. The van der Waals surface area contributed by atoms with Crippen LogP contribution in [0.1, 0.15) is 61.6 Å². The number of rotatable bonds is 6. The molecule has 2 saturated carbocycles. The van der Waals surface area contributed by atoms with Gasteiger partial charge in [-0.2, -0.15) is 0 Å². The first-order chi connectivity index (χ1) is 17.1. The first-order valence-corrected chi connectivity index (χ1v) is 13.8. The van der Waals surface area contributed by atoms with Crippen LogP contribution in [0.25, 0.3) is 0 Å². The molecule has 0 saturated heterocycles. The highest BCUT2D eigenvalue weighted by molar-refractivity contribution is 7.96. The number of hydrogen-bond acceptors (Lipinski definition) is 4. The van der Waals surface area contributed by atoms with Crippen molar-refractivity contribution in [2.24, 2.45) is 17.3 Å². The molecular weight excluding hydrogens is 450 g/mol. The standard InChI is InChI=1S/C31H35NO2S/c1-31-19-18-27-26-15-13-25(33)20-23(26)12-14-28(27)29(31)16-17-30(31)34-35-32(24-10-6-3-7-11-24)21-22-8-4-2-5-9-22/h2-11,13,15,20,27-30,33H,12,14,16-19,21H2,1H3/t27?,28?,29?,30-,31+/m1/s1. The highest BCUT2D eigenvalue weighted by Crippen LogP contribution is 2.62. The SMILES string of the molecule is C[C@]12CCC3c4ccc(O)cc4CCC3C1CC[C@H]2OSN(Cc1ccccc1)c1ccccc1. The van der Waals surface area contributed by atoms with Crippen molar-refractivity contribution in [2.45, 2.75) is 64.0 Å². The number of benzene rings is 3. The summed E-state index contributed by atoms with van der Waals surface area (Å²) in [4.78, 5) is 0. The molecule has 182 valence electrons. The second kappa shape index (κ2) is 9.55. The van der Waals surface area contributed by atoms with E-state index in [4.69, 9.17) is 4.18 Å². The van der Waals surface area contributed by atoms with Crippen LogP contribution in [0.5, 0.6) is 5.75 Å². The van der Waals surface area contributed by atoms with E-state index in [1.54, 1.807) is 12.2 Å². The van der Waals surface area contributed by atoms with Crippen molar-refractivity contribution in [3.63, 3.8) is 0 Å². The fourth-order valence-electron chi connectivity index (χ4n) is 7.29. The number of phenolic OH excluding ortho intramolecular Hbond substituents is 1. The molecule has 2 fully saturated rings. The molecule has 5 atom stereocenters. The fraction of sp³-hybridized carbons (Fsp3) is 0.419. The number of fused-ring (bicyclic) bond motifs is 5. The number of hydrogen-bond donors (Lipinski definition) is 1. The van der Waals surface area contributed by atoms with E-state index in [0.717, 1.165) is 25.3 Å².